The second-order valence-electron chi connectivity index (χ2n) is 5.00. The molecule has 0 saturated carbocycles. The minimum atomic E-state index is 0.113. The molecule has 0 aromatic carbocycles. The molecule has 0 bridgehead atoms. The lowest BCUT2D eigenvalue weighted by Crippen LogP contribution is -2.28. The highest BCUT2D eigenvalue weighted by atomic mass is 32.1. The third-order valence-electron chi connectivity index (χ3n) is 3.57. The van der Waals surface area contributed by atoms with Crippen molar-refractivity contribution in [3.63, 3.8) is 0 Å². The Labute approximate surface area is 127 Å². The van der Waals surface area contributed by atoms with Crippen molar-refractivity contribution in [3.8, 4) is 0 Å². The molecule has 1 amide bonds. The average molecular weight is 306 g/mol. The molecule has 1 aliphatic rings. The second-order valence-corrected chi connectivity index (χ2v) is 5.95. The Morgan fingerprint density at radius 2 is 2.48 bits per heavy atom. The molecule has 3 rings (SSSR count). The summed E-state index contributed by atoms with van der Waals surface area (Å²) < 4.78 is 7.18. The van der Waals surface area contributed by atoms with Crippen molar-refractivity contribution in [3.05, 3.63) is 34.3 Å². The van der Waals surface area contributed by atoms with E-state index in [0.29, 0.717) is 19.8 Å². The largest absolute Gasteiger partial charge is 0.375 e. The van der Waals surface area contributed by atoms with Gasteiger partial charge in [-0.15, -0.1) is 16.4 Å². The Balaban J connectivity index is 1.61. The van der Waals surface area contributed by atoms with Gasteiger partial charge in [0.2, 0.25) is 0 Å². The number of aromatic nitrogens is 3. The van der Waals surface area contributed by atoms with Gasteiger partial charge in [0, 0.05) is 19.7 Å². The maximum atomic E-state index is 12.3. The number of carbonyl (C=O) groups excluding carboxylic acids is 1. The molecule has 2 aromatic rings. The number of likely N-dealkylation sites (tertiary alicyclic amines) is 1. The number of amides is 1. The van der Waals surface area contributed by atoms with Gasteiger partial charge in [-0.1, -0.05) is 11.3 Å². The Morgan fingerprint density at radius 1 is 1.57 bits per heavy atom. The zero-order valence-corrected chi connectivity index (χ0v) is 12.8. The Bertz CT molecular complexity index is 596. The predicted octanol–water partition coefficient (Wildman–Crippen LogP) is 1.96. The first-order valence-electron chi connectivity index (χ1n) is 7.09. The van der Waals surface area contributed by atoms with Crippen molar-refractivity contribution < 1.29 is 9.53 Å². The maximum absolute atomic E-state index is 12.3. The topological polar surface area (TPSA) is 60.2 Å². The Morgan fingerprint density at radius 3 is 3.24 bits per heavy atom. The zero-order chi connectivity index (χ0) is 14.7. The quantitative estimate of drug-likeness (QED) is 0.847. The second kappa shape index (κ2) is 6.36. The number of ether oxygens (including phenoxy) is 1. The van der Waals surface area contributed by atoms with Gasteiger partial charge in [0.1, 0.15) is 5.69 Å². The molecule has 112 valence electrons. The lowest BCUT2D eigenvalue weighted by molar-refractivity contribution is 0.0791. The van der Waals surface area contributed by atoms with E-state index >= 15 is 0 Å². The van der Waals surface area contributed by atoms with Gasteiger partial charge in [0.05, 0.1) is 23.7 Å². The predicted molar refractivity (Wildman–Crippen MR) is 79.2 cm³/mol. The van der Waals surface area contributed by atoms with Crippen LogP contribution < -0.4 is 0 Å². The van der Waals surface area contributed by atoms with Crippen molar-refractivity contribution in [2.24, 2.45) is 0 Å². The van der Waals surface area contributed by atoms with Crippen LogP contribution in [0.3, 0.4) is 0 Å². The van der Waals surface area contributed by atoms with Gasteiger partial charge in [-0.25, -0.2) is 4.68 Å². The summed E-state index contributed by atoms with van der Waals surface area (Å²) >= 11 is 1.49. The summed E-state index contributed by atoms with van der Waals surface area (Å²) in [5, 5.41) is 10.2. The number of hydrogen-bond donors (Lipinski definition) is 0. The maximum Gasteiger partial charge on any atom is 0.263 e. The first kappa shape index (κ1) is 14.2. The molecule has 0 N–H and O–H groups in total. The number of rotatable bonds is 5. The number of nitrogens with zero attached hydrogens (tertiary/aromatic N) is 4. The van der Waals surface area contributed by atoms with Crippen LogP contribution in [-0.2, 0) is 11.3 Å². The molecule has 0 spiro atoms. The molecular formula is C14H18N4O2S. The van der Waals surface area contributed by atoms with Crippen molar-refractivity contribution >= 4 is 17.2 Å². The normalized spacial score (nSPS) is 18.3. The molecule has 1 unspecified atom stereocenters. The van der Waals surface area contributed by atoms with Crippen LogP contribution in [0, 0.1) is 0 Å². The van der Waals surface area contributed by atoms with E-state index in [1.165, 1.54) is 11.3 Å². The summed E-state index contributed by atoms with van der Waals surface area (Å²) in [6, 6.07) is 3.98. The number of carbonyl (C=O) groups is 1. The highest BCUT2D eigenvalue weighted by Gasteiger charge is 2.29. The number of hydrogen-bond acceptors (Lipinski definition) is 5. The van der Waals surface area contributed by atoms with Gasteiger partial charge in [-0.2, -0.15) is 0 Å². The van der Waals surface area contributed by atoms with Crippen LogP contribution in [0.4, 0.5) is 0 Å². The minimum Gasteiger partial charge on any atom is -0.375 e. The Hall–Kier alpha value is -1.73. The van der Waals surface area contributed by atoms with E-state index in [4.69, 9.17) is 4.74 Å². The first-order chi connectivity index (χ1) is 10.3. The average Bonchev–Trinajstić information content (AvgIpc) is 3.24. The fourth-order valence-electron chi connectivity index (χ4n) is 2.46. The SMILES string of the molecule is CCOCc1cn(C2CCN(C(=O)c3cccs3)C2)nn1. The van der Waals surface area contributed by atoms with E-state index in [1.54, 1.807) is 0 Å². The third kappa shape index (κ3) is 3.14. The molecule has 0 radical (unpaired) electrons. The molecule has 6 nitrogen and oxygen atoms in total. The van der Waals surface area contributed by atoms with Crippen LogP contribution in [0.15, 0.2) is 23.7 Å². The third-order valence-corrected chi connectivity index (χ3v) is 4.43. The van der Waals surface area contributed by atoms with Crippen molar-refractivity contribution in [2.45, 2.75) is 26.0 Å². The minimum absolute atomic E-state index is 0.113. The fourth-order valence-corrected chi connectivity index (χ4v) is 3.15. The van der Waals surface area contributed by atoms with E-state index in [2.05, 4.69) is 10.3 Å². The van der Waals surface area contributed by atoms with E-state index in [-0.39, 0.29) is 11.9 Å². The number of thiophene rings is 1. The van der Waals surface area contributed by atoms with Crippen molar-refractivity contribution in [1.29, 1.82) is 0 Å². The summed E-state index contributed by atoms with van der Waals surface area (Å²) in [7, 11) is 0. The van der Waals surface area contributed by atoms with Gasteiger partial charge in [-0.05, 0) is 24.8 Å². The van der Waals surface area contributed by atoms with E-state index in [0.717, 1.165) is 23.5 Å². The highest BCUT2D eigenvalue weighted by molar-refractivity contribution is 7.12. The van der Waals surface area contributed by atoms with Crippen molar-refractivity contribution in [1.82, 2.24) is 19.9 Å². The van der Waals surface area contributed by atoms with Gasteiger partial charge in [0.25, 0.3) is 5.91 Å². The zero-order valence-electron chi connectivity index (χ0n) is 11.9. The molecule has 0 aliphatic carbocycles. The van der Waals surface area contributed by atoms with Crippen LogP contribution in [-0.4, -0.2) is 45.5 Å². The van der Waals surface area contributed by atoms with Crippen LogP contribution in [0.25, 0.3) is 0 Å². The van der Waals surface area contributed by atoms with Gasteiger partial charge in [0.15, 0.2) is 0 Å². The van der Waals surface area contributed by atoms with E-state index in [9.17, 15) is 4.79 Å². The summed E-state index contributed by atoms with van der Waals surface area (Å²) in [5.74, 6) is 0.113. The molecular weight excluding hydrogens is 288 g/mol. The summed E-state index contributed by atoms with van der Waals surface area (Å²) in [5.41, 5.74) is 0.833. The van der Waals surface area contributed by atoms with Crippen molar-refractivity contribution in [2.75, 3.05) is 19.7 Å². The lowest BCUT2D eigenvalue weighted by atomic mass is 10.3. The molecule has 1 atom stereocenters. The monoisotopic (exact) mass is 306 g/mol. The molecule has 1 aliphatic heterocycles. The summed E-state index contributed by atoms with van der Waals surface area (Å²) in [4.78, 5) is 15.0. The van der Waals surface area contributed by atoms with E-state index in [1.807, 2.05) is 40.2 Å². The summed E-state index contributed by atoms with van der Waals surface area (Å²) in [6.45, 7) is 4.56. The van der Waals surface area contributed by atoms with Gasteiger partial charge < -0.3 is 9.64 Å². The summed E-state index contributed by atoms with van der Waals surface area (Å²) in [6.07, 6.45) is 2.83. The standard InChI is InChI=1S/C14H18N4O2S/c1-2-20-10-11-8-18(16-15-11)12-5-6-17(9-12)14(19)13-4-3-7-21-13/h3-4,7-8,12H,2,5-6,9-10H2,1H3. The fraction of sp³-hybridized carbons (Fsp3) is 0.500. The highest BCUT2D eigenvalue weighted by Crippen LogP contribution is 2.23. The molecule has 7 heteroatoms. The lowest BCUT2D eigenvalue weighted by Gasteiger charge is -2.15. The van der Waals surface area contributed by atoms with Gasteiger partial charge >= 0.3 is 0 Å². The first-order valence-corrected chi connectivity index (χ1v) is 7.97. The van der Waals surface area contributed by atoms with Crippen LogP contribution in [0.2, 0.25) is 0 Å². The molecule has 21 heavy (non-hydrogen) atoms. The van der Waals surface area contributed by atoms with Crippen LogP contribution >= 0.6 is 11.3 Å². The van der Waals surface area contributed by atoms with Crippen LogP contribution in [0.1, 0.15) is 34.8 Å². The molecule has 2 aromatic heterocycles. The Kier molecular flexibility index (Phi) is 4.31. The van der Waals surface area contributed by atoms with Gasteiger partial charge in [-0.3, -0.25) is 4.79 Å². The van der Waals surface area contributed by atoms with E-state index < -0.39 is 0 Å². The molecule has 1 saturated heterocycles. The van der Waals surface area contributed by atoms with Crippen LogP contribution in [0.5, 0.6) is 0 Å². The smallest absolute Gasteiger partial charge is 0.263 e. The molecule has 1 fully saturated rings. The molecule has 3 heterocycles.